The third kappa shape index (κ3) is 3.78. The van der Waals surface area contributed by atoms with E-state index >= 15 is 0 Å². The number of anilines is 1. The quantitative estimate of drug-likeness (QED) is 0.768. The highest BCUT2D eigenvalue weighted by Crippen LogP contribution is 2.33. The van der Waals surface area contributed by atoms with Crippen LogP contribution >= 0.6 is 11.6 Å². The Morgan fingerprint density at radius 2 is 2.10 bits per heavy atom. The van der Waals surface area contributed by atoms with Gasteiger partial charge in [-0.1, -0.05) is 17.7 Å². The van der Waals surface area contributed by atoms with Crippen LogP contribution in [0.5, 0.6) is 0 Å². The van der Waals surface area contributed by atoms with Gasteiger partial charge in [0.2, 0.25) is 0 Å². The largest absolute Gasteiger partial charge is 0.393 e. The summed E-state index contributed by atoms with van der Waals surface area (Å²) < 4.78 is 51.7. The van der Waals surface area contributed by atoms with Crippen LogP contribution in [0.3, 0.4) is 0 Å². The molecule has 1 heterocycles. The number of carbonyl (C=O) groups excluding carboxylic acids is 1. The maximum atomic E-state index is 13.6. The Bertz CT molecular complexity index is 535. The zero-order valence-corrected chi connectivity index (χ0v) is 11.6. The molecule has 1 aromatic carbocycles. The molecule has 1 N–H and O–H groups in total. The standard InChI is InChI=1S/C13H13ClF4N2O/c14-9-4-1-5-10(11(9)15)19-12(21)20-6-2-3-8(7-20)13(16,17)18/h1,4-5,8H,2-3,6-7H2,(H,19,21). The molecule has 1 saturated heterocycles. The van der Waals surface area contributed by atoms with Crippen LogP contribution < -0.4 is 5.32 Å². The summed E-state index contributed by atoms with van der Waals surface area (Å²) in [5.74, 6) is -2.35. The molecule has 1 unspecified atom stereocenters. The maximum absolute atomic E-state index is 13.6. The van der Waals surface area contributed by atoms with Gasteiger partial charge in [-0.2, -0.15) is 13.2 Å². The van der Waals surface area contributed by atoms with Crippen molar-refractivity contribution >= 4 is 23.3 Å². The fourth-order valence-corrected chi connectivity index (χ4v) is 2.40. The highest BCUT2D eigenvalue weighted by Gasteiger charge is 2.42. The molecule has 8 heteroatoms. The first-order chi connectivity index (χ1) is 9.79. The van der Waals surface area contributed by atoms with E-state index in [1.165, 1.54) is 18.2 Å². The Kier molecular flexibility index (Phi) is 4.61. The number of hydrogen-bond acceptors (Lipinski definition) is 1. The number of alkyl halides is 3. The summed E-state index contributed by atoms with van der Waals surface area (Å²) in [5.41, 5.74) is -0.151. The van der Waals surface area contributed by atoms with E-state index in [4.69, 9.17) is 11.6 Å². The molecular formula is C13H13ClF4N2O. The van der Waals surface area contributed by atoms with Crippen LogP contribution in [0.1, 0.15) is 12.8 Å². The molecule has 1 atom stereocenters. The number of halogens is 5. The number of rotatable bonds is 1. The molecule has 1 fully saturated rings. The maximum Gasteiger partial charge on any atom is 0.393 e. The van der Waals surface area contributed by atoms with Crippen LogP contribution in [0, 0.1) is 11.7 Å². The van der Waals surface area contributed by atoms with Crippen molar-refractivity contribution in [3.63, 3.8) is 0 Å². The van der Waals surface area contributed by atoms with Crippen molar-refractivity contribution in [3.8, 4) is 0 Å². The minimum Gasteiger partial charge on any atom is -0.324 e. The van der Waals surface area contributed by atoms with Crippen molar-refractivity contribution in [3.05, 3.63) is 29.0 Å². The first-order valence-electron chi connectivity index (χ1n) is 6.35. The lowest BCUT2D eigenvalue weighted by molar-refractivity contribution is -0.183. The topological polar surface area (TPSA) is 32.3 Å². The van der Waals surface area contributed by atoms with Gasteiger partial charge in [-0.3, -0.25) is 0 Å². The van der Waals surface area contributed by atoms with E-state index < -0.39 is 30.5 Å². The van der Waals surface area contributed by atoms with E-state index in [-0.39, 0.29) is 30.1 Å². The predicted octanol–water partition coefficient (Wildman–Crippen LogP) is 4.29. The Balaban J connectivity index is 2.05. The number of carbonyl (C=O) groups is 1. The van der Waals surface area contributed by atoms with Gasteiger partial charge in [0.15, 0.2) is 5.82 Å². The molecule has 0 aliphatic carbocycles. The fraction of sp³-hybridized carbons (Fsp3) is 0.462. The lowest BCUT2D eigenvalue weighted by atomic mass is 9.98. The molecule has 2 amide bonds. The van der Waals surface area contributed by atoms with Crippen LogP contribution in [0.4, 0.5) is 28.0 Å². The fourth-order valence-electron chi connectivity index (χ4n) is 2.22. The van der Waals surface area contributed by atoms with Crippen molar-refractivity contribution in [2.45, 2.75) is 19.0 Å². The molecule has 2 rings (SSSR count). The Labute approximate surface area is 123 Å². The number of nitrogens with zero attached hydrogens (tertiary/aromatic N) is 1. The number of piperidine rings is 1. The minimum atomic E-state index is -4.33. The normalized spacial score (nSPS) is 19.5. The predicted molar refractivity (Wildman–Crippen MR) is 70.8 cm³/mol. The van der Waals surface area contributed by atoms with E-state index in [9.17, 15) is 22.4 Å². The molecule has 0 radical (unpaired) electrons. The smallest absolute Gasteiger partial charge is 0.324 e. The van der Waals surface area contributed by atoms with Gasteiger partial charge in [0.05, 0.1) is 16.6 Å². The van der Waals surface area contributed by atoms with Crippen LogP contribution in [0.25, 0.3) is 0 Å². The number of amides is 2. The molecule has 116 valence electrons. The molecular weight excluding hydrogens is 312 g/mol. The highest BCUT2D eigenvalue weighted by molar-refractivity contribution is 6.31. The van der Waals surface area contributed by atoms with E-state index in [0.29, 0.717) is 0 Å². The first kappa shape index (κ1) is 15.9. The molecule has 1 aliphatic rings. The average Bonchev–Trinajstić information content (AvgIpc) is 2.43. The zero-order valence-electron chi connectivity index (χ0n) is 10.9. The number of likely N-dealkylation sites (tertiary alicyclic amines) is 1. The van der Waals surface area contributed by atoms with Crippen LogP contribution in [-0.2, 0) is 0 Å². The first-order valence-corrected chi connectivity index (χ1v) is 6.73. The number of hydrogen-bond donors (Lipinski definition) is 1. The minimum absolute atomic E-state index is 0.00118. The monoisotopic (exact) mass is 324 g/mol. The van der Waals surface area contributed by atoms with Gasteiger partial charge in [-0.25, -0.2) is 9.18 Å². The summed E-state index contributed by atoms with van der Waals surface area (Å²) in [6.45, 7) is -0.210. The van der Waals surface area contributed by atoms with Crippen LogP contribution in [0.15, 0.2) is 18.2 Å². The van der Waals surface area contributed by atoms with Crippen LogP contribution in [-0.4, -0.2) is 30.2 Å². The Morgan fingerprint density at radius 3 is 2.76 bits per heavy atom. The van der Waals surface area contributed by atoms with Gasteiger partial charge in [-0.15, -0.1) is 0 Å². The molecule has 0 aromatic heterocycles. The third-order valence-corrected chi connectivity index (χ3v) is 3.66. The molecule has 0 saturated carbocycles. The summed E-state index contributed by atoms with van der Waals surface area (Å²) in [6.07, 6.45) is -4.07. The summed E-state index contributed by atoms with van der Waals surface area (Å²) in [6, 6.07) is 3.29. The van der Waals surface area contributed by atoms with Crippen molar-refractivity contribution in [2.24, 2.45) is 5.92 Å². The molecule has 21 heavy (non-hydrogen) atoms. The molecule has 1 aromatic rings. The molecule has 0 spiro atoms. The number of benzene rings is 1. The van der Waals surface area contributed by atoms with Gasteiger partial charge >= 0.3 is 12.2 Å². The average molecular weight is 325 g/mol. The van der Waals surface area contributed by atoms with Crippen molar-refractivity contribution in [1.82, 2.24) is 4.90 Å². The van der Waals surface area contributed by atoms with Gasteiger partial charge in [0, 0.05) is 13.1 Å². The second kappa shape index (κ2) is 6.09. The summed E-state index contributed by atoms with van der Waals surface area (Å²) >= 11 is 5.58. The van der Waals surface area contributed by atoms with E-state index in [1.54, 1.807) is 0 Å². The van der Waals surface area contributed by atoms with Gasteiger partial charge in [-0.05, 0) is 25.0 Å². The number of nitrogens with one attached hydrogen (secondary N) is 1. The Morgan fingerprint density at radius 1 is 1.38 bits per heavy atom. The molecule has 0 bridgehead atoms. The van der Waals surface area contributed by atoms with E-state index in [0.717, 1.165) is 4.90 Å². The SMILES string of the molecule is O=C(Nc1cccc(Cl)c1F)N1CCCC(C(F)(F)F)C1. The second-order valence-corrected chi connectivity index (χ2v) is 5.27. The molecule has 3 nitrogen and oxygen atoms in total. The van der Waals surface area contributed by atoms with Crippen LogP contribution in [0.2, 0.25) is 5.02 Å². The Hall–Kier alpha value is -1.50. The van der Waals surface area contributed by atoms with Gasteiger partial charge < -0.3 is 10.2 Å². The number of urea groups is 1. The lowest BCUT2D eigenvalue weighted by Crippen LogP contribution is -2.46. The second-order valence-electron chi connectivity index (χ2n) is 4.86. The lowest BCUT2D eigenvalue weighted by Gasteiger charge is -2.33. The van der Waals surface area contributed by atoms with E-state index in [1.807, 2.05) is 0 Å². The van der Waals surface area contributed by atoms with Crippen molar-refractivity contribution in [1.29, 1.82) is 0 Å². The zero-order chi connectivity index (χ0) is 15.6. The van der Waals surface area contributed by atoms with Crippen molar-refractivity contribution in [2.75, 3.05) is 18.4 Å². The van der Waals surface area contributed by atoms with Gasteiger partial charge in [0.25, 0.3) is 0 Å². The highest BCUT2D eigenvalue weighted by atomic mass is 35.5. The summed E-state index contributed by atoms with van der Waals surface area (Å²) in [4.78, 5) is 13.0. The third-order valence-electron chi connectivity index (χ3n) is 3.36. The van der Waals surface area contributed by atoms with Crippen molar-refractivity contribution < 1.29 is 22.4 Å². The summed E-state index contributed by atoms with van der Waals surface area (Å²) in [5, 5.41) is 2.09. The van der Waals surface area contributed by atoms with Gasteiger partial charge in [0.1, 0.15) is 0 Å². The summed E-state index contributed by atoms with van der Waals surface area (Å²) in [7, 11) is 0. The molecule has 1 aliphatic heterocycles. The van der Waals surface area contributed by atoms with E-state index in [2.05, 4.69) is 5.32 Å².